The standard InChI is InChI=1S/C13H12ClNS/c14-8-1-2-10-12(7-8)9(3-5-15)11-4-6-16-13(10)11/h1-2,4,6-7,9H,3,5,15H2. The normalized spacial score (nSPS) is 17.2. The molecule has 1 aliphatic carbocycles. The summed E-state index contributed by atoms with van der Waals surface area (Å²) in [5.74, 6) is 0.444. The highest BCUT2D eigenvalue weighted by molar-refractivity contribution is 7.13. The second-order valence-corrected chi connectivity index (χ2v) is 5.42. The molecule has 0 saturated carbocycles. The molecule has 0 bridgehead atoms. The van der Waals surface area contributed by atoms with E-state index < -0.39 is 0 Å². The van der Waals surface area contributed by atoms with Crippen molar-refractivity contribution in [2.45, 2.75) is 12.3 Å². The van der Waals surface area contributed by atoms with Crippen LogP contribution in [0.2, 0.25) is 5.02 Å². The smallest absolute Gasteiger partial charge is 0.0409 e. The molecule has 0 radical (unpaired) electrons. The number of nitrogens with two attached hydrogens (primary N) is 1. The van der Waals surface area contributed by atoms with Crippen LogP contribution in [-0.2, 0) is 0 Å². The molecular formula is C13H12ClNS. The maximum atomic E-state index is 6.07. The second-order valence-electron chi connectivity index (χ2n) is 4.07. The van der Waals surface area contributed by atoms with Gasteiger partial charge in [0, 0.05) is 15.8 Å². The van der Waals surface area contributed by atoms with Crippen LogP contribution in [0, 0.1) is 0 Å². The summed E-state index contributed by atoms with van der Waals surface area (Å²) in [6.07, 6.45) is 0.997. The third-order valence-electron chi connectivity index (χ3n) is 3.16. The summed E-state index contributed by atoms with van der Waals surface area (Å²) in [6, 6.07) is 8.40. The number of halogens is 1. The lowest BCUT2D eigenvalue weighted by molar-refractivity contribution is 0.742. The molecule has 1 nitrogen and oxygen atoms in total. The Bertz CT molecular complexity index is 532. The summed E-state index contributed by atoms with van der Waals surface area (Å²) in [5, 5.41) is 2.97. The third-order valence-corrected chi connectivity index (χ3v) is 4.36. The Morgan fingerprint density at radius 3 is 2.94 bits per heavy atom. The lowest BCUT2D eigenvalue weighted by Crippen LogP contribution is -2.06. The third kappa shape index (κ3) is 1.41. The number of hydrogen-bond acceptors (Lipinski definition) is 2. The number of rotatable bonds is 2. The molecule has 1 aromatic carbocycles. The molecule has 0 amide bonds. The van der Waals surface area contributed by atoms with E-state index in [4.69, 9.17) is 17.3 Å². The molecule has 1 aromatic heterocycles. The molecule has 2 N–H and O–H groups in total. The molecule has 0 fully saturated rings. The van der Waals surface area contributed by atoms with Crippen molar-refractivity contribution >= 4 is 22.9 Å². The minimum atomic E-state index is 0.444. The van der Waals surface area contributed by atoms with Gasteiger partial charge in [0.2, 0.25) is 0 Å². The fraction of sp³-hybridized carbons (Fsp3) is 0.231. The number of thiophene rings is 1. The van der Waals surface area contributed by atoms with Crippen LogP contribution in [0.25, 0.3) is 10.4 Å². The lowest BCUT2D eigenvalue weighted by atomic mass is 9.94. The summed E-state index contributed by atoms with van der Waals surface area (Å²) in [4.78, 5) is 1.39. The van der Waals surface area contributed by atoms with E-state index in [-0.39, 0.29) is 0 Å². The van der Waals surface area contributed by atoms with Crippen LogP contribution in [0.5, 0.6) is 0 Å². The van der Waals surface area contributed by atoms with Crippen molar-refractivity contribution in [2.24, 2.45) is 5.73 Å². The van der Waals surface area contributed by atoms with E-state index in [0.29, 0.717) is 12.5 Å². The van der Waals surface area contributed by atoms with Crippen molar-refractivity contribution in [3.63, 3.8) is 0 Å². The van der Waals surface area contributed by atoms with Crippen molar-refractivity contribution in [3.05, 3.63) is 45.8 Å². The number of fused-ring (bicyclic) bond motifs is 3. The van der Waals surface area contributed by atoms with Gasteiger partial charge < -0.3 is 5.73 Å². The highest BCUT2D eigenvalue weighted by Gasteiger charge is 2.29. The van der Waals surface area contributed by atoms with Gasteiger partial charge in [-0.3, -0.25) is 0 Å². The van der Waals surface area contributed by atoms with Gasteiger partial charge >= 0.3 is 0 Å². The Morgan fingerprint density at radius 2 is 2.12 bits per heavy atom. The predicted molar refractivity (Wildman–Crippen MR) is 70.3 cm³/mol. The van der Waals surface area contributed by atoms with E-state index in [2.05, 4.69) is 23.6 Å². The fourth-order valence-corrected chi connectivity index (χ4v) is 3.68. The molecule has 0 aliphatic heterocycles. The Labute approximate surface area is 104 Å². The van der Waals surface area contributed by atoms with Gasteiger partial charge in [-0.05, 0) is 53.2 Å². The van der Waals surface area contributed by atoms with Gasteiger partial charge in [0.15, 0.2) is 0 Å². The first-order chi connectivity index (χ1) is 7.81. The zero-order valence-electron chi connectivity index (χ0n) is 8.74. The molecule has 82 valence electrons. The van der Waals surface area contributed by atoms with Gasteiger partial charge in [-0.1, -0.05) is 17.7 Å². The largest absolute Gasteiger partial charge is 0.330 e. The van der Waals surface area contributed by atoms with E-state index in [9.17, 15) is 0 Å². The van der Waals surface area contributed by atoms with Gasteiger partial charge in [0.25, 0.3) is 0 Å². The first kappa shape index (κ1) is 10.3. The number of benzene rings is 1. The molecule has 0 spiro atoms. The second kappa shape index (κ2) is 3.88. The molecule has 1 atom stereocenters. The molecular weight excluding hydrogens is 238 g/mol. The van der Waals surface area contributed by atoms with Crippen LogP contribution in [-0.4, -0.2) is 6.54 Å². The van der Waals surface area contributed by atoms with Crippen LogP contribution in [0.3, 0.4) is 0 Å². The maximum Gasteiger partial charge on any atom is 0.0409 e. The SMILES string of the molecule is NCCC1c2cc(Cl)ccc2-c2sccc21. The highest BCUT2D eigenvalue weighted by atomic mass is 35.5. The minimum absolute atomic E-state index is 0.444. The summed E-state index contributed by atoms with van der Waals surface area (Å²) >= 11 is 7.88. The molecule has 1 aliphatic rings. The molecule has 3 heteroatoms. The van der Waals surface area contributed by atoms with E-state index in [1.807, 2.05) is 6.07 Å². The first-order valence-corrected chi connectivity index (χ1v) is 6.64. The minimum Gasteiger partial charge on any atom is -0.330 e. The topological polar surface area (TPSA) is 26.0 Å². The molecule has 2 aromatic rings. The maximum absolute atomic E-state index is 6.07. The molecule has 1 heterocycles. The highest BCUT2D eigenvalue weighted by Crippen LogP contribution is 2.49. The van der Waals surface area contributed by atoms with Crippen LogP contribution in [0.4, 0.5) is 0 Å². The van der Waals surface area contributed by atoms with Gasteiger partial charge in [-0.15, -0.1) is 11.3 Å². The predicted octanol–water partition coefficient (Wildman–Crippen LogP) is 3.86. The Kier molecular flexibility index (Phi) is 2.51. The van der Waals surface area contributed by atoms with Gasteiger partial charge in [0.05, 0.1) is 0 Å². The summed E-state index contributed by atoms with van der Waals surface area (Å²) in [6.45, 7) is 0.714. The van der Waals surface area contributed by atoms with Crippen molar-refractivity contribution in [2.75, 3.05) is 6.54 Å². The van der Waals surface area contributed by atoms with Crippen LogP contribution < -0.4 is 5.73 Å². The molecule has 0 saturated heterocycles. The summed E-state index contributed by atoms with van der Waals surface area (Å²) in [7, 11) is 0. The van der Waals surface area contributed by atoms with Crippen LogP contribution in [0.15, 0.2) is 29.6 Å². The lowest BCUT2D eigenvalue weighted by Gasteiger charge is -2.11. The Hall–Kier alpha value is -0.830. The van der Waals surface area contributed by atoms with Crippen LogP contribution >= 0.6 is 22.9 Å². The molecule has 16 heavy (non-hydrogen) atoms. The molecule has 1 unspecified atom stereocenters. The van der Waals surface area contributed by atoms with Crippen molar-refractivity contribution < 1.29 is 0 Å². The van der Waals surface area contributed by atoms with Gasteiger partial charge in [0.1, 0.15) is 0 Å². The summed E-state index contributed by atoms with van der Waals surface area (Å²) < 4.78 is 0. The average molecular weight is 250 g/mol. The molecule has 3 rings (SSSR count). The average Bonchev–Trinajstić information content (AvgIpc) is 2.82. The summed E-state index contributed by atoms with van der Waals surface area (Å²) in [5.41, 5.74) is 9.81. The number of hydrogen-bond donors (Lipinski definition) is 1. The van der Waals surface area contributed by atoms with Gasteiger partial charge in [-0.25, -0.2) is 0 Å². The van der Waals surface area contributed by atoms with E-state index in [0.717, 1.165) is 11.4 Å². The van der Waals surface area contributed by atoms with Crippen molar-refractivity contribution in [1.29, 1.82) is 0 Å². The van der Waals surface area contributed by atoms with Crippen molar-refractivity contribution in [3.8, 4) is 10.4 Å². The van der Waals surface area contributed by atoms with Crippen molar-refractivity contribution in [1.82, 2.24) is 0 Å². The van der Waals surface area contributed by atoms with Crippen LogP contribution in [0.1, 0.15) is 23.5 Å². The zero-order chi connectivity index (χ0) is 11.1. The monoisotopic (exact) mass is 249 g/mol. The van der Waals surface area contributed by atoms with E-state index in [1.54, 1.807) is 11.3 Å². The fourth-order valence-electron chi connectivity index (χ4n) is 2.49. The van der Waals surface area contributed by atoms with Gasteiger partial charge in [-0.2, -0.15) is 0 Å². The quantitative estimate of drug-likeness (QED) is 0.859. The van der Waals surface area contributed by atoms with E-state index >= 15 is 0 Å². The zero-order valence-corrected chi connectivity index (χ0v) is 10.3. The van der Waals surface area contributed by atoms with E-state index in [1.165, 1.54) is 21.6 Å². The Morgan fingerprint density at radius 1 is 1.25 bits per heavy atom. The Balaban J connectivity index is 2.19. The first-order valence-electron chi connectivity index (χ1n) is 5.38.